The van der Waals surface area contributed by atoms with Gasteiger partial charge in [-0.05, 0) is 18.6 Å². The normalized spacial score (nSPS) is 10.8. The molecule has 0 fully saturated rings. The maximum Gasteiger partial charge on any atom is 0.181 e. The predicted octanol–water partition coefficient (Wildman–Crippen LogP) is 3.54. The largest absolute Gasteiger partial charge is 0.369 e. The van der Waals surface area contributed by atoms with E-state index in [1.54, 1.807) is 6.20 Å². The lowest BCUT2D eigenvalue weighted by Gasteiger charge is -2.08. The lowest BCUT2D eigenvalue weighted by atomic mass is 10.2. The van der Waals surface area contributed by atoms with Crippen LogP contribution in [-0.2, 0) is 12.8 Å². The summed E-state index contributed by atoms with van der Waals surface area (Å²) in [6.07, 6.45) is 3.29. The van der Waals surface area contributed by atoms with Crippen LogP contribution in [0.3, 0.4) is 0 Å². The van der Waals surface area contributed by atoms with Gasteiger partial charge in [-0.2, -0.15) is 5.10 Å². The monoisotopic (exact) mass is 371 g/mol. The van der Waals surface area contributed by atoms with Crippen molar-refractivity contribution >= 4 is 5.82 Å². The van der Waals surface area contributed by atoms with Gasteiger partial charge in [0.2, 0.25) is 0 Å². The first-order chi connectivity index (χ1) is 13.8. The molecule has 0 saturated heterocycles. The third kappa shape index (κ3) is 4.20. The molecule has 0 saturated carbocycles. The number of nitrogens with one attached hydrogen (secondary N) is 2. The Kier molecular flexibility index (Phi) is 5.33. The maximum absolute atomic E-state index is 4.60. The van der Waals surface area contributed by atoms with Gasteiger partial charge in [-0.1, -0.05) is 43.3 Å². The van der Waals surface area contributed by atoms with E-state index in [1.807, 2.05) is 54.6 Å². The summed E-state index contributed by atoms with van der Waals surface area (Å²) in [7, 11) is 0. The number of aryl methyl sites for hydroxylation is 1. The number of benzene rings is 1. The van der Waals surface area contributed by atoms with Crippen LogP contribution < -0.4 is 5.32 Å². The second-order valence-corrected chi connectivity index (χ2v) is 6.29. The predicted molar refractivity (Wildman–Crippen MR) is 109 cm³/mol. The van der Waals surface area contributed by atoms with Crippen molar-refractivity contribution in [2.24, 2.45) is 0 Å². The van der Waals surface area contributed by atoms with Gasteiger partial charge in [0.25, 0.3) is 0 Å². The molecular weight excluding hydrogens is 350 g/mol. The number of hydrogen-bond donors (Lipinski definition) is 2. The molecule has 4 aromatic rings. The van der Waals surface area contributed by atoms with Gasteiger partial charge in [-0.3, -0.25) is 10.1 Å². The Labute approximate surface area is 163 Å². The second kappa shape index (κ2) is 8.39. The van der Waals surface area contributed by atoms with Gasteiger partial charge in [0.15, 0.2) is 11.6 Å². The van der Waals surface area contributed by atoms with E-state index in [-0.39, 0.29) is 0 Å². The van der Waals surface area contributed by atoms with Crippen LogP contribution in [0.15, 0.2) is 60.8 Å². The average Bonchev–Trinajstić information content (AvgIpc) is 3.24. The Balaban J connectivity index is 1.43. The van der Waals surface area contributed by atoms with Crippen molar-refractivity contribution in [1.82, 2.24) is 30.1 Å². The lowest BCUT2D eigenvalue weighted by Crippen LogP contribution is -2.09. The number of hydrogen-bond acceptors (Lipinski definition) is 6. The van der Waals surface area contributed by atoms with Crippen molar-refractivity contribution in [3.05, 3.63) is 72.3 Å². The van der Waals surface area contributed by atoms with Crippen LogP contribution in [0.4, 0.5) is 5.82 Å². The van der Waals surface area contributed by atoms with Crippen LogP contribution in [-0.4, -0.2) is 36.7 Å². The van der Waals surface area contributed by atoms with Crippen LogP contribution in [0.2, 0.25) is 0 Å². The summed E-state index contributed by atoms with van der Waals surface area (Å²) in [5.41, 5.74) is 2.74. The lowest BCUT2D eigenvalue weighted by molar-refractivity contribution is 0.893. The van der Waals surface area contributed by atoms with E-state index in [2.05, 4.69) is 42.4 Å². The van der Waals surface area contributed by atoms with Crippen molar-refractivity contribution in [2.45, 2.75) is 19.8 Å². The molecular formula is C21H21N7. The zero-order valence-corrected chi connectivity index (χ0v) is 15.6. The number of aromatic nitrogens is 6. The first-order valence-corrected chi connectivity index (χ1v) is 9.32. The van der Waals surface area contributed by atoms with E-state index in [0.717, 1.165) is 35.0 Å². The van der Waals surface area contributed by atoms with Gasteiger partial charge in [-0.25, -0.2) is 15.0 Å². The number of rotatable bonds is 7. The van der Waals surface area contributed by atoms with Crippen LogP contribution in [0, 0.1) is 0 Å². The highest BCUT2D eigenvalue weighted by Crippen LogP contribution is 2.17. The molecule has 3 aromatic heterocycles. The van der Waals surface area contributed by atoms with E-state index in [0.29, 0.717) is 24.6 Å². The molecule has 7 heteroatoms. The van der Waals surface area contributed by atoms with Gasteiger partial charge >= 0.3 is 0 Å². The van der Waals surface area contributed by atoms with Gasteiger partial charge in [0.1, 0.15) is 17.3 Å². The highest BCUT2D eigenvalue weighted by Gasteiger charge is 2.08. The minimum absolute atomic E-state index is 0.633. The number of pyridine rings is 1. The van der Waals surface area contributed by atoms with E-state index in [4.69, 9.17) is 0 Å². The SMILES string of the molecule is CCc1cc(NCCc2nc(-c3ccccc3)n[nH]2)nc(-c2ccccn2)n1. The summed E-state index contributed by atoms with van der Waals surface area (Å²) in [6.45, 7) is 2.76. The van der Waals surface area contributed by atoms with E-state index in [1.165, 1.54) is 0 Å². The Morgan fingerprint density at radius 2 is 1.79 bits per heavy atom. The average molecular weight is 371 g/mol. The minimum Gasteiger partial charge on any atom is -0.369 e. The molecule has 0 spiro atoms. The number of H-pyrrole nitrogens is 1. The van der Waals surface area contributed by atoms with Crippen LogP contribution >= 0.6 is 0 Å². The summed E-state index contributed by atoms with van der Waals surface area (Å²) in [4.78, 5) is 18.1. The molecule has 0 amide bonds. The van der Waals surface area contributed by atoms with Crippen molar-refractivity contribution in [3.8, 4) is 22.9 Å². The van der Waals surface area contributed by atoms with Gasteiger partial charge in [0, 0.05) is 36.5 Å². The molecule has 0 aliphatic carbocycles. The maximum atomic E-state index is 4.60. The quantitative estimate of drug-likeness (QED) is 0.516. The summed E-state index contributed by atoms with van der Waals surface area (Å²) in [5.74, 6) is 2.97. The van der Waals surface area contributed by atoms with Gasteiger partial charge in [0.05, 0.1) is 0 Å². The fourth-order valence-electron chi connectivity index (χ4n) is 2.81. The standard InChI is InChI=1S/C21H21N7/c1-2-16-14-19(26-21(24-16)17-10-6-7-12-22-17)23-13-11-18-25-20(28-27-18)15-8-4-3-5-9-15/h3-10,12,14H,2,11,13H2,1H3,(H,23,24,26)(H,25,27,28). The Hall–Kier alpha value is -3.61. The Bertz CT molecular complexity index is 1030. The number of nitrogens with zero attached hydrogens (tertiary/aromatic N) is 5. The summed E-state index contributed by atoms with van der Waals surface area (Å²) in [5, 5.41) is 10.7. The molecule has 1 aromatic carbocycles. The molecule has 28 heavy (non-hydrogen) atoms. The third-order valence-corrected chi connectivity index (χ3v) is 4.27. The molecule has 0 aliphatic rings. The number of anilines is 1. The molecule has 0 radical (unpaired) electrons. The second-order valence-electron chi connectivity index (χ2n) is 6.29. The fourth-order valence-corrected chi connectivity index (χ4v) is 2.81. The first kappa shape index (κ1) is 17.8. The molecule has 0 unspecified atom stereocenters. The van der Waals surface area contributed by atoms with Crippen LogP contribution in [0.25, 0.3) is 22.9 Å². The molecule has 4 rings (SSSR count). The Morgan fingerprint density at radius 1 is 0.929 bits per heavy atom. The van der Waals surface area contributed by atoms with Crippen LogP contribution in [0.1, 0.15) is 18.4 Å². The van der Waals surface area contributed by atoms with Crippen molar-refractivity contribution in [1.29, 1.82) is 0 Å². The molecule has 0 atom stereocenters. The molecule has 140 valence electrons. The smallest absolute Gasteiger partial charge is 0.181 e. The molecule has 0 aliphatic heterocycles. The number of aromatic amines is 1. The summed E-state index contributed by atoms with van der Waals surface area (Å²) >= 11 is 0. The molecule has 0 bridgehead atoms. The summed E-state index contributed by atoms with van der Waals surface area (Å²) < 4.78 is 0. The van der Waals surface area contributed by atoms with Crippen molar-refractivity contribution in [2.75, 3.05) is 11.9 Å². The van der Waals surface area contributed by atoms with E-state index >= 15 is 0 Å². The fraction of sp³-hybridized carbons (Fsp3) is 0.190. The highest BCUT2D eigenvalue weighted by molar-refractivity contribution is 5.54. The topological polar surface area (TPSA) is 92.3 Å². The molecule has 3 heterocycles. The third-order valence-electron chi connectivity index (χ3n) is 4.27. The first-order valence-electron chi connectivity index (χ1n) is 9.32. The van der Waals surface area contributed by atoms with Crippen molar-refractivity contribution in [3.63, 3.8) is 0 Å². The van der Waals surface area contributed by atoms with Crippen molar-refractivity contribution < 1.29 is 0 Å². The molecule has 2 N–H and O–H groups in total. The minimum atomic E-state index is 0.633. The summed E-state index contributed by atoms with van der Waals surface area (Å²) in [6, 6.07) is 17.6. The van der Waals surface area contributed by atoms with E-state index < -0.39 is 0 Å². The van der Waals surface area contributed by atoms with Gasteiger partial charge < -0.3 is 5.32 Å². The van der Waals surface area contributed by atoms with Gasteiger partial charge in [-0.15, -0.1) is 0 Å². The zero-order chi connectivity index (χ0) is 19.2. The Morgan fingerprint density at radius 3 is 2.57 bits per heavy atom. The van der Waals surface area contributed by atoms with Crippen LogP contribution in [0.5, 0.6) is 0 Å². The zero-order valence-electron chi connectivity index (χ0n) is 15.6. The van der Waals surface area contributed by atoms with E-state index in [9.17, 15) is 0 Å². The highest BCUT2D eigenvalue weighted by atomic mass is 15.2. The molecule has 7 nitrogen and oxygen atoms in total.